The van der Waals surface area contributed by atoms with E-state index in [2.05, 4.69) is 21.3 Å². The van der Waals surface area contributed by atoms with Gasteiger partial charge in [0.05, 0.1) is 30.0 Å². The maximum atomic E-state index is 14.1. The van der Waals surface area contributed by atoms with E-state index in [0.29, 0.717) is 30.6 Å². The molecule has 16 heteroatoms. The number of methoxy groups -OCH3 is 1. The van der Waals surface area contributed by atoms with Gasteiger partial charge in [-0.15, -0.1) is 0 Å². The van der Waals surface area contributed by atoms with Crippen LogP contribution >= 0.6 is 11.8 Å². The number of esters is 1. The Labute approximate surface area is 312 Å². The van der Waals surface area contributed by atoms with Crippen molar-refractivity contribution < 1.29 is 38.7 Å². The summed E-state index contributed by atoms with van der Waals surface area (Å²) in [6.07, 6.45) is 6.62. The summed E-state index contributed by atoms with van der Waals surface area (Å²) in [5, 5.41) is 31.9. The zero-order valence-corrected chi connectivity index (χ0v) is 30.7. The fourth-order valence-corrected chi connectivity index (χ4v) is 9.18. The van der Waals surface area contributed by atoms with E-state index in [1.165, 1.54) is 55.3 Å². The average Bonchev–Trinajstić information content (AvgIpc) is 3.11. The Morgan fingerprint density at radius 3 is 2.15 bits per heavy atom. The molecule has 4 amide bonds. The van der Waals surface area contributed by atoms with Gasteiger partial charge in [0, 0.05) is 24.1 Å². The number of rotatable bonds is 17. The molecular formula is C37H48N6O9S. The van der Waals surface area contributed by atoms with E-state index < -0.39 is 64.2 Å². The lowest BCUT2D eigenvalue weighted by Crippen LogP contribution is -2.67. The molecule has 4 fully saturated rings. The molecule has 4 aliphatic carbocycles. The molecule has 0 spiro atoms. The SMILES string of the molecule is COC(=O)C12CC3CC(CC(NC(=O)[C@H](Cc4ccc([N+](=O)[O-])cc4)NC(=O)CNC(=O)[C@@H](CCSC)NC(=O)[C@@H](N)Cc4ccc(O)cc4)(C3)C1)C2. The molecule has 2 aromatic rings. The number of aromatic hydroxyl groups is 1. The van der Waals surface area contributed by atoms with Crippen LogP contribution in [0, 0.1) is 27.4 Å². The molecule has 2 unspecified atom stereocenters. The topological polar surface area (TPSA) is 232 Å². The van der Waals surface area contributed by atoms with Gasteiger partial charge in [0.1, 0.15) is 17.8 Å². The Bertz CT molecular complexity index is 1670. The molecule has 4 saturated carbocycles. The third kappa shape index (κ3) is 9.84. The first-order valence-corrected chi connectivity index (χ1v) is 19.2. The Morgan fingerprint density at radius 2 is 1.55 bits per heavy atom. The molecule has 0 aromatic heterocycles. The molecule has 0 saturated heterocycles. The van der Waals surface area contributed by atoms with E-state index in [4.69, 9.17) is 10.5 Å². The highest BCUT2D eigenvalue weighted by molar-refractivity contribution is 7.98. The first-order chi connectivity index (χ1) is 25.2. The maximum Gasteiger partial charge on any atom is 0.311 e. The summed E-state index contributed by atoms with van der Waals surface area (Å²) in [6.45, 7) is -0.491. The van der Waals surface area contributed by atoms with Gasteiger partial charge in [-0.05, 0) is 98.5 Å². The van der Waals surface area contributed by atoms with Crippen molar-refractivity contribution in [2.24, 2.45) is 23.0 Å². The van der Waals surface area contributed by atoms with Crippen LogP contribution in [0.25, 0.3) is 0 Å². The van der Waals surface area contributed by atoms with E-state index in [0.717, 1.165) is 24.8 Å². The molecule has 2 aromatic carbocycles. The molecular weight excluding hydrogens is 705 g/mol. The Kier molecular flexibility index (Phi) is 12.6. The summed E-state index contributed by atoms with van der Waals surface area (Å²) in [7, 11) is 1.38. The number of ether oxygens (including phenoxy) is 1. The number of carbonyl (C=O) groups is 5. The number of nitrogens with two attached hydrogens (primary N) is 1. The van der Waals surface area contributed by atoms with Gasteiger partial charge < -0.3 is 36.8 Å². The number of nitro benzene ring substituents is 1. The van der Waals surface area contributed by atoms with E-state index in [1.54, 1.807) is 12.1 Å². The van der Waals surface area contributed by atoms with Crippen LogP contribution < -0.4 is 27.0 Å². The van der Waals surface area contributed by atoms with Crippen LogP contribution in [0.5, 0.6) is 5.75 Å². The minimum absolute atomic E-state index is 0.0138. The summed E-state index contributed by atoms with van der Waals surface area (Å²) in [5.74, 6) is -1.39. The first kappa shape index (κ1) is 39.5. The summed E-state index contributed by atoms with van der Waals surface area (Å²) < 4.78 is 5.21. The Balaban J connectivity index is 1.24. The van der Waals surface area contributed by atoms with Crippen molar-refractivity contribution in [3.05, 3.63) is 69.8 Å². The fourth-order valence-electron chi connectivity index (χ4n) is 8.71. The minimum Gasteiger partial charge on any atom is -0.508 e. The van der Waals surface area contributed by atoms with Gasteiger partial charge in [-0.2, -0.15) is 11.8 Å². The van der Waals surface area contributed by atoms with Gasteiger partial charge in [-0.3, -0.25) is 34.1 Å². The molecule has 4 aliphatic rings. The normalized spacial score (nSPS) is 24.3. The Hall–Kier alpha value is -4.70. The number of thioether (sulfide) groups is 1. The van der Waals surface area contributed by atoms with Crippen LogP contribution in [0.1, 0.15) is 56.1 Å². The largest absolute Gasteiger partial charge is 0.508 e. The number of amides is 4. The summed E-state index contributed by atoms with van der Waals surface area (Å²) >= 11 is 1.48. The number of nitro groups is 1. The summed E-state index contributed by atoms with van der Waals surface area (Å²) in [5.41, 5.74) is 6.00. The third-order valence-corrected chi connectivity index (χ3v) is 11.3. The number of nitrogens with zero attached hydrogens (tertiary/aromatic N) is 1. The zero-order chi connectivity index (χ0) is 38.3. The number of phenols is 1. The fraction of sp³-hybridized carbons (Fsp3) is 0.541. The molecule has 0 aliphatic heterocycles. The zero-order valence-electron chi connectivity index (χ0n) is 29.9. The predicted octanol–water partition coefficient (Wildman–Crippen LogP) is 1.88. The van der Waals surface area contributed by atoms with Crippen molar-refractivity contribution >= 4 is 47.0 Å². The lowest BCUT2D eigenvalue weighted by Gasteiger charge is -2.60. The monoisotopic (exact) mass is 752 g/mol. The number of nitrogens with one attached hydrogen (secondary N) is 4. The third-order valence-electron chi connectivity index (χ3n) is 10.7. The van der Waals surface area contributed by atoms with Gasteiger partial charge in [0.2, 0.25) is 23.6 Å². The van der Waals surface area contributed by atoms with Gasteiger partial charge in [-0.1, -0.05) is 24.3 Å². The molecule has 6 rings (SSSR count). The lowest BCUT2D eigenvalue weighted by atomic mass is 9.47. The van der Waals surface area contributed by atoms with Crippen molar-refractivity contribution in [3.63, 3.8) is 0 Å². The molecule has 286 valence electrons. The van der Waals surface area contributed by atoms with E-state index in [1.807, 2.05) is 6.26 Å². The number of phenolic OH excluding ortho intramolecular Hbond substituents is 1. The van der Waals surface area contributed by atoms with E-state index in [-0.39, 0.29) is 48.5 Å². The standard InChI is InChI=1S/C37H48N6O9S/c1-52-35(49)36-16-24-13-25(17-36)19-37(18-24,21-36)42-34(48)30(15-23-3-7-26(8-4-23)43(50)51)40-31(45)20-39-33(47)29(11-12-53-2)41-32(46)28(38)14-22-5-9-27(44)10-6-22/h3-10,24-25,28-30,44H,11-21,38H2,1-2H3,(H,39,47)(H,40,45)(H,41,46)(H,42,48)/t24?,25?,28-,29+,30-,36?,37?/m0/s1. The summed E-state index contributed by atoms with van der Waals surface area (Å²) in [6, 6.07) is 8.92. The van der Waals surface area contributed by atoms with Crippen LogP contribution in [0.3, 0.4) is 0 Å². The quantitative estimate of drug-likeness (QED) is 0.0776. The first-order valence-electron chi connectivity index (χ1n) is 17.8. The molecule has 7 N–H and O–H groups in total. The van der Waals surface area contributed by atoms with Gasteiger partial charge in [-0.25, -0.2) is 0 Å². The van der Waals surface area contributed by atoms with Crippen LogP contribution in [0.15, 0.2) is 48.5 Å². The van der Waals surface area contributed by atoms with E-state index in [9.17, 15) is 39.2 Å². The maximum absolute atomic E-state index is 14.1. The molecule has 4 bridgehead atoms. The predicted molar refractivity (Wildman–Crippen MR) is 196 cm³/mol. The smallest absolute Gasteiger partial charge is 0.311 e. The number of benzene rings is 2. The van der Waals surface area contributed by atoms with Crippen LogP contribution in [-0.4, -0.2) is 89.0 Å². The van der Waals surface area contributed by atoms with Crippen molar-refractivity contribution in [2.45, 2.75) is 81.5 Å². The molecule has 0 radical (unpaired) electrons. The van der Waals surface area contributed by atoms with Crippen molar-refractivity contribution in [1.82, 2.24) is 21.3 Å². The Morgan fingerprint density at radius 1 is 0.925 bits per heavy atom. The number of carbonyl (C=O) groups excluding carboxylic acids is 5. The second kappa shape index (κ2) is 17.0. The van der Waals surface area contributed by atoms with Crippen LogP contribution in [-0.2, 0) is 41.6 Å². The number of hydrogen-bond donors (Lipinski definition) is 6. The molecule has 0 heterocycles. The second-order valence-corrected chi connectivity index (χ2v) is 15.8. The van der Waals surface area contributed by atoms with Crippen LogP contribution in [0.2, 0.25) is 0 Å². The van der Waals surface area contributed by atoms with Gasteiger partial charge in [0.15, 0.2) is 0 Å². The van der Waals surface area contributed by atoms with Gasteiger partial charge in [0.25, 0.3) is 5.69 Å². The highest BCUT2D eigenvalue weighted by atomic mass is 32.2. The average molecular weight is 753 g/mol. The molecule has 5 atom stereocenters. The second-order valence-electron chi connectivity index (χ2n) is 14.8. The van der Waals surface area contributed by atoms with E-state index >= 15 is 0 Å². The van der Waals surface area contributed by atoms with Crippen molar-refractivity contribution in [2.75, 3.05) is 25.7 Å². The lowest BCUT2D eigenvalue weighted by molar-refractivity contribution is -0.384. The highest BCUT2D eigenvalue weighted by Gasteiger charge is 2.61. The van der Waals surface area contributed by atoms with Crippen molar-refractivity contribution in [3.8, 4) is 5.75 Å². The minimum atomic E-state index is -1.10. The molecule has 15 nitrogen and oxygen atoms in total. The van der Waals surface area contributed by atoms with Crippen LogP contribution in [0.4, 0.5) is 5.69 Å². The number of non-ortho nitro benzene ring substituents is 1. The summed E-state index contributed by atoms with van der Waals surface area (Å²) in [4.78, 5) is 77.3. The molecule has 53 heavy (non-hydrogen) atoms. The van der Waals surface area contributed by atoms with Gasteiger partial charge >= 0.3 is 5.97 Å². The number of hydrogen-bond acceptors (Lipinski definition) is 11. The highest BCUT2D eigenvalue weighted by Crippen LogP contribution is 2.62. The van der Waals surface area contributed by atoms with Crippen molar-refractivity contribution in [1.29, 1.82) is 0 Å².